The zero-order valence-electron chi connectivity index (χ0n) is 18.1. The molecule has 4 rings (SSSR count). The lowest BCUT2D eigenvalue weighted by atomic mass is 10.2. The van der Waals surface area contributed by atoms with Crippen LogP contribution in [0.1, 0.15) is 0 Å². The molecule has 168 valence electrons. The highest BCUT2D eigenvalue weighted by Gasteiger charge is 2.23. The van der Waals surface area contributed by atoms with Crippen LogP contribution >= 0.6 is 0 Å². The minimum absolute atomic E-state index is 0.127. The van der Waals surface area contributed by atoms with Crippen molar-refractivity contribution in [1.82, 2.24) is 14.5 Å². The van der Waals surface area contributed by atoms with E-state index in [-0.39, 0.29) is 18.3 Å². The number of piperazine rings is 1. The zero-order chi connectivity index (χ0) is 22.5. The number of methoxy groups -OCH3 is 2. The number of hydrogen-bond donors (Lipinski definition) is 1. The fourth-order valence-electron chi connectivity index (χ4n) is 3.78. The van der Waals surface area contributed by atoms with Gasteiger partial charge in [-0.05, 0) is 24.3 Å². The number of carbonyl (C=O) groups excluding carboxylic acids is 1. The van der Waals surface area contributed by atoms with Gasteiger partial charge in [0.1, 0.15) is 17.3 Å². The van der Waals surface area contributed by atoms with Crippen LogP contribution in [0, 0.1) is 5.82 Å². The maximum Gasteiger partial charge on any atom is 0.238 e. The molecule has 0 unspecified atom stereocenters. The number of carbonyl (C=O) groups is 1. The summed E-state index contributed by atoms with van der Waals surface area (Å²) < 4.78 is 26.6. The average molecular weight is 439 g/mol. The molecule has 9 heteroatoms. The first-order valence-corrected chi connectivity index (χ1v) is 10.4. The molecule has 3 aromatic rings. The zero-order valence-corrected chi connectivity index (χ0v) is 18.1. The molecule has 1 aliphatic rings. The van der Waals surface area contributed by atoms with Crippen LogP contribution in [0.2, 0.25) is 0 Å². The Labute approximate surface area is 186 Å². The SMILES string of the molecule is COc1ccc(OC)c(NC(=O)CN2CCN(c3nccn3-c3ccccc3F)CC2)c1. The molecule has 1 fully saturated rings. The smallest absolute Gasteiger partial charge is 0.238 e. The van der Waals surface area contributed by atoms with Gasteiger partial charge < -0.3 is 19.7 Å². The molecule has 2 heterocycles. The highest BCUT2D eigenvalue weighted by molar-refractivity contribution is 5.94. The fraction of sp³-hybridized carbons (Fsp3) is 0.304. The van der Waals surface area contributed by atoms with Crippen LogP contribution in [-0.2, 0) is 4.79 Å². The average Bonchev–Trinajstić information content (AvgIpc) is 3.29. The van der Waals surface area contributed by atoms with E-state index in [1.165, 1.54) is 6.07 Å². The minimum atomic E-state index is -0.296. The summed E-state index contributed by atoms with van der Waals surface area (Å²) in [5.41, 5.74) is 1.04. The van der Waals surface area contributed by atoms with Crippen LogP contribution in [0.5, 0.6) is 11.5 Å². The number of imidazole rings is 1. The van der Waals surface area contributed by atoms with Crippen molar-refractivity contribution in [2.45, 2.75) is 0 Å². The van der Waals surface area contributed by atoms with E-state index in [1.54, 1.807) is 67.6 Å². The number of nitrogens with zero attached hydrogens (tertiary/aromatic N) is 4. The first-order chi connectivity index (χ1) is 15.6. The van der Waals surface area contributed by atoms with Crippen LogP contribution in [0.25, 0.3) is 5.69 Å². The van der Waals surface area contributed by atoms with Gasteiger partial charge in [-0.3, -0.25) is 14.3 Å². The van der Waals surface area contributed by atoms with Gasteiger partial charge in [0.15, 0.2) is 0 Å². The van der Waals surface area contributed by atoms with Crippen LogP contribution in [0.15, 0.2) is 54.9 Å². The van der Waals surface area contributed by atoms with Gasteiger partial charge in [0.25, 0.3) is 0 Å². The first kappa shape index (κ1) is 21.6. The Bertz CT molecular complexity index is 1080. The number of benzene rings is 2. The quantitative estimate of drug-likeness (QED) is 0.611. The van der Waals surface area contributed by atoms with Gasteiger partial charge in [0.2, 0.25) is 11.9 Å². The third kappa shape index (κ3) is 4.67. The van der Waals surface area contributed by atoms with Crippen molar-refractivity contribution in [2.75, 3.05) is 57.2 Å². The summed E-state index contributed by atoms with van der Waals surface area (Å²) in [5, 5.41) is 2.90. The summed E-state index contributed by atoms with van der Waals surface area (Å²) in [4.78, 5) is 21.2. The summed E-state index contributed by atoms with van der Waals surface area (Å²) in [5.74, 6) is 1.48. The van der Waals surface area contributed by atoms with Crippen molar-refractivity contribution in [3.8, 4) is 17.2 Å². The van der Waals surface area contributed by atoms with Gasteiger partial charge in [-0.2, -0.15) is 0 Å². The Morgan fingerprint density at radius 1 is 1.09 bits per heavy atom. The van der Waals surface area contributed by atoms with Crippen LogP contribution in [0.4, 0.5) is 16.0 Å². The van der Waals surface area contributed by atoms with E-state index in [0.29, 0.717) is 55.0 Å². The molecule has 2 aromatic carbocycles. The standard InChI is InChI=1S/C23H26FN5O3/c1-31-17-7-8-21(32-2)19(15-17)26-22(30)16-27-11-13-28(14-12-27)23-25-9-10-29(23)20-6-4-3-5-18(20)24/h3-10,15H,11-14,16H2,1-2H3,(H,26,30). The van der Waals surface area contributed by atoms with Crippen molar-refractivity contribution < 1.29 is 18.7 Å². The molecule has 0 aliphatic carbocycles. The summed E-state index contributed by atoms with van der Waals surface area (Å²) in [6, 6.07) is 11.9. The molecule has 1 saturated heterocycles. The van der Waals surface area contributed by atoms with Crippen molar-refractivity contribution in [1.29, 1.82) is 0 Å². The Kier molecular flexibility index (Phi) is 6.55. The topological polar surface area (TPSA) is 71.9 Å². The number of aromatic nitrogens is 2. The van der Waals surface area contributed by atoms with E-state index in [1.807, 2.05) is 0 Å². The number of anilines is 2. The lowest BCUT2D eigenvalue weighted by molar-refractivity contribution is -0.117. The van der Waals surface area contributed by atoms with Crippen molar-refractivity contribution >= 4 is 17.5 Å². The fourth-order valence-corrected chi connectivity index (χ4v) is 3.78. The van der Waals surface area contributed by atoms with Gasteiger partial charge in [-0.25, -0.2) is 9.37 Å². The Balaban J connectivity index is 1.36. The summed E-state index contributed by atoms with van der Waals surface area (Å²) in [7, 11) is 3.13. The number of rotatable bonds is 7. The van der Waals surface area contributed by atoms with E-state index >= 15 is 0 Å². The predicted octanol–water partition coefficient (Wildman–Crippen LogP) is 2.79. The van der Waals surface area contributed by atoms with E-state index in [4.69, 9.17) is 9.47 Å². The molecule has 0 saturated carbocycles. The third-order valence-electron chi connectivity index (χ3n) is 5.44. The van der Waals surface area contributed by atoms with E-state index in [2.05, 4.69) is 20.1 Å². The van der Waals surface area contributed by atoms with E-state index < -0.39 is 0 Å². The molecular weight excluding hydrogens is 413 g/mol. The number of nitrogens with one attached hydrogen (secondary N) is 1. The molecule has 0 radical (unpaired) electrons. The predicted molar refractivity (Wildman–Crippen MR) is 120 cm³/mol. The highest BCUT2D eigenvalue weighted by Crippen LogP contribution is 2.29. The second-order valence-corrected chi connectivity index (χ2v) is 7.43. The number of hydrogen-bond acceptors (Lipinski definition) is 6. The molecule has 8 nitrogen and oxygen atoms in total. The second-order valence-electron chi connectivity index (χ2n) is 7.43. The number of halogens is 1. The molecule has 32 heavy (non-hydrogen) atoms. The van der Waals surface area contributed by atoms with Gasteiger partial charge in [0, 0.05) is 44.6 Å². The molecule has 0 bridgehead atoms. The third-order valence-corrected chi connectivity index (χ3v) is 5.44. The normalized spacial score (nSPS) is 14.3. The largest absolute Gasteiger partial charge is 0.497 e. The summed E-state index contributed by atoms with van der Waals surface area (Å²) in [6.45, 7) is 3.00. The molecule has 1 amide bonds. The Morgan fingerprint density at radius 3 is 2.59 bits per heavy atom. The van der Waals surface area contributed by atoms with Crippen LogP contribution < -0.4 is 19.7 Å². The lowest BCUT2D eigenvalue weighted by Crippen LogP contribution is -2.49. The Hall–Kier alpha value is -3.59. The monoisotopic (exact) mass is 439 g/mol. The van der Waals surface area contributed by atoms with Gasteiger partial charge in [-0.1, -0.05) is 12.1 Å². The summed E-state index contributed by atoms with van der Waals surface area (Å²) in [6.07, 6.45) is 3.43. The Morgan fingerprint density at radius 2 is 1.88 bits per heavy atom. The van der Waals surface area contributed by atoms with Gasteiger partial charge >= 0.3 is 0 Å². The van der Waals surface area contributed by atoms with Gasteiger partial charge in [-0.15, -0.1) is 0 Å². The molecule has 0 atom stereocenters. The molecule has 0 spiro atoms. The molecule has 1 aliphatic heterocycles. The van der Waals surface area contributed by atoms with E-state index in [0.717, 1.165) is 0 Å². The molecular formula is C23H26FN5O3. The first-order valence-electron chi connectivity index (χ1n) is 10.4. The maximum atomic E-state index is 14.2. The van der Waals surface area contributed by atoms with Crippen molar-refractivity contribution in [3.63, 3.8) is 0 Å². The lowest BCUT2D eigenvalue weighted by Gasteiger charge is -2.35. The minimum Gasteiger partial charge on any atom is -0.497 e. The maximum absolute atomic E-state index is 14.2. The molecule has 1 aromatic heterocycles. The number of para-hydroxylation sites is 1. The second kappa shape index (κ2) is 9.69. The molecule has 1 N–H and O–H groups in total. The highest BCUT2D eigenvalue weighted by atomic mass is 19.1. The van der Waals surface area contributed by atoms with E-state index in [9.17, 15) is 9.18 Å². The van der Waals surface area contributed by atoms with Crippen LogP contribution in [-0.4, -0.2) is 67.3 Å². The number of amides is 1. The van der Waals surface area contributed by atoms with Gasteiger partial charge in [0.05, 0.1) is 32.1 Å². The van der Waals surface area contributed by atoms with Crippen LogP contribution in [0.3, 0.4) is 0 Å². The van der Waals surface area contributed by atoms with Crippen molar-refractivity contribution in [2.24, 2.45) is 0 Å². The van der Waals surface area contributed by atoms with Crippen molar-refractivity contribution in [3.05, 3.63) is 60.7 Å². The summed E-state index contributed by atoms with van der Waals surface area (Å²) >= 11 is 0. The number of ether oxygens (including phenoxy) is 2.